The van der Waals surface area contributed by atoms with Crippen molar-refractivity contribution in [3.8, 4) is 17.2 Å². The number of hydrogen-bond donors (Lipinski definition) is 1. The predicted molar refractivity (Wildman–Crippen MR) is 84.7 cm³/mol. The van der Waals surface area contributed by atoms with Crippen molar-refractivity contribution in [2.75, 3.05) is 21.3 Å². The molecule has 1 heterocycles. The Morgan fingerprint density at radius 1 is 1.26 bits per heavy atom. The fourth-order valence-electron chi connectivity index (χ4n) is 2.67. The lowest BCUT2D eigenvalue weighted by atomic mass is 9.92. The molecule has 2 rings (SSSR count). The standard InChI is InChI=1S/C14H17BrN2O6/c1-21-9-6-7(11(15)14(23-3)13(9)22-2)12-8(17(19)20)4-5-10(18)16-12/h6,8,12H,4-5H2,1-3H3,(H,16,18). The lowest BCUT2D eigenvalue weighted by molar-refractivity contribution is -0.529. The van der Waals surface area contributed by atoms with Gasteiger partial charge in [-0.1, -0.05) is 0 Å². The van der Waals surface area contributed by atoms with Crippen molar-refractivity contribution in [2.24, 2.45) is 0 Å². The molecule has 1 amide bonds. The van der Waals surface area contributed by atoms with Crippen LogP contribution in [0.25, 0.3) is 0 Å². The van der Waals surface area contributed by atoms with Crippen molar-refractivity contribution < 1.29 is 23.9 Å². The van der Waals surface area contributed by atoms with Crippen molar-refractivity contribution in [1.29, 1.82) is 0 Å². The van der Waals surface area contributed by atoms with E-state index < -0.39 is 12.1 Å². The molecule has 2 atom stereocenters. The zero-order valence-electron chi connectivity index (χ0n) is 12.9. The van der Waals surface area contributed by atoms with Crippen molar-refractivity contribution in [3.05, 3.63) is 26.2 Å². The van der Waals surface area contributed by atoms with Crippen LogP contribution in [0, 0.1) is 10.1 Å². The number of nitrogens with zero attached hydrogens (tertiary/aromatic N) is 1. The van der Waals surface area contributed by atoms with Gasteiger partial charge in [-0.3, -0.25) is 14.9 Å². The predicted octanol–water partition coefficient (Wildman–Crippen LogP) is 2.07. The largest absolute Gasteiger partial charge is 0.493 e. The summed E-state index contributed by atoms with van der Waals surface area (Å²) >= 11 is 3.39. The molecule has 23 heavy (non-hydrogen) atoms. The lowest BCUT2D eigenvalue weighted by Gasteiger charge is -2.28. The van der Waals surface area contributed by atoms with Crippen LogP contribution in [0.15, 0.2) is 10.5 Å². The molecule has 8 nitrogen and oxygen atoms in total. The summed E-state index contributed by atoms with van der Waals surface area (Å²) in [5.74, 6) is 0.854. The minimum absolute atomic E-state index is 0.129. The highest BCUT2D eigenvalue weighted by Gasteiger charge is 2.40. The van der Waals surface area contributed by atoms with E-state index in [9.17, 15) is 14.9 Å². The number of nitrogens with one attached hydrogen (secondary N) is 1. The molecule has 0 bridgehead atoms. The number of benzene rings is 1. The van der Waals surface area contributed by atoms with E-state index in [-0.39, 0.29) is 23.7 Å². The fraction of sp³-hybridized carbons (Fsp3) is 0.500. The van der Waals surface area contributed by atoms with Gasteiger partial charge in [0.05, 0.1) is 25.8 Å². The summed E-state index contributed by atoms with van der Waals surface area (Å²) in [7, 11) is 4.38. The van der Waals surface area contributed by atoms with Crippen LogP contribution < -0.4 is 19.5 Å². The number of carbonyl (C=O) groups is 1. The minimum Gasteiger partial charge on any atom is -0.493 e. The van der Waals surface area contributed by atoms with Crippen LogP contribution in [-0.2, 0) is 4.79 Å². The number of ether oxygens (including phenoxy) is 3. The molecule has 9 heteroatoms. The third-order valence-corrected chi connectivity index (χ3v) is 4.59. The van der Waals surface area contributed by atoms with E-state index in [1.165, 1.54) is 21.3 Å². The second-order valence-electron chi connectivity index (χ2n) is 4.99. The molecule has 1 aliphatic rings. The molecular formula is C14H17BrN2O6. The molecule has 1 aromatic carbocycles. The lowest BCUT2D eigenvalue weighted by Crippen LogP contribution is -2.45. The molecule has 0 aromatic heterocycles. The summed E-state index contributed by atoms with van der Waals surface area (Å²) in [4.78, 5) is 22.7. The number of methoxy groups -OCH3 is 3. The Kier molecular flexibility index (Phi) is 5.30. The van der Waals surface area contributed by atoms with Crippen molar-refractivity contribution in [1.82, 2.24) is 5.32 Å². The summed E-state index contributed by atoms with van der Waals surface area (Å²) in [6, 6.07) is -0.0980. The van der Waals surface area contributed by atoms with E-state index in [2.05, 4.69) is 21.2 Å². The molecule has 0 aliphatic carbocycles. The third kappa shape index (κ3) is 3.19. The number of rotatable bonds is 5. The molecule has 0 radical (unpaired) electrons. The maximum Gasteiger partial charge on any atom is 0.237 e. The zero-order chi connectivity index (χ0) is 17.1. The molecule has 0 saturated carbocycles. The first-order valence-electron chi connectivity index (χ1n) is 6.85. The van der Waals surface area contributed by atoms with E-state index in [4.69, 9.17) is 14.2 Å². The number of piperidine rings is 1. The van der Waals surface area contributed by atoms with Crippen molar-refractivity contribution in [3.63, 3.8) is 0 Å². The fourth-order valence-corrected chi connectivity index (χ4v) is 3.37. The number of nitro groups is 1. The number of hydrogen-bond acceptors (Lipinski definition) is 6. The van der Waals surface area contributed by atoms with Crippen molar-refractivity contribution >= 4 is 21.8 Å². The SMILES string of the molecule is COc1cc(C2NC(=O)CCC2[N+](=O)[O-])c(Br)c(OC)c1OC. The summed E-state index contributed by atoms with van der Waals surface area (Å²) in [6.07, 6.45) is 0.302. The van der Waals surface area contributed by atoms with E-state index >= 15 is 0 Å². The van der Waals surface area contributed by atoms with E-state index in [1.54, 1.807) is 6.07 Å². The third-order valence-electron chi connectivity index (χ3n) is 3.77. The molecule has 1 N–H and O–H groups in total. The Bertz CT molecular complexity index is 636. The van der Waals surface area contributed by atoms with Crippen LogP contribution in [0.3, 0.4) is 0 Å². The van der Waals surface area contributed by atoms with Crippen LogP contribution in [0.5, 0.6) is 17.2 Å². The normalized spacial score (nSPS) is 20.6. The van der Waals surface area contributed by atoms with Crippen LogP contribution in [-0.4, -0.2) is 38.2 Å². The maximum atomic E-state index is 11.7. The van der Waals surface area contributed by atoms with Gasteiger partial charge in [-0.2, -0.15) is 0 Å². The van der Waals surface area contributed by atoms with E-state index in [1.807, 2.05) is 0 Å². The average Bonchev–Trinajstić information content (AvgIpc) is 2.53. The Balaban J connectivity index is 2.60. The highest BCUT2D eigenvalue weighted by molar-refractivity contribution is 9.10. The molecule has 2 unspecified atom stereocenters. The average molecular weight is 389 g/mol. The minimum atomic E-state index is -0.924. The first kappa shape index (κ1) is 17.3. The smallest absolute Gasteiger partial charge is 0.237 e. The highest BCUT2D eigenvalue weighted by Crippen LogP contribution is 2.47. The monoisotopic (exact) mass is 388 g/mol. The van der Waals surface area contributed by atoms with Gasteiger partial charge in [-0.05, 0) is 22.0 Å². The second kappa shape index (κ2) is 7.03. The van der Waals surface area contributed by atoms with Gasteiger partial charge in [0.15, 0.2) is 11.5 Å². The molecule has 1 saturated heterocycles. The molecule has 1 aromatic rings. The van der Waals surface area contributed by atoms with Gasteiger partial charge >= 0.3 is 0 Å². The van der Waals surface area contributed by atoms with E-state index in [0.29, 0.717) is 27.3 Å². The summed E-state index contributed by atoms with van der Waals surface area (Å²) in [5, 5.41) is 14.0. The van der Waals surface area contributed by atoms with Gasteiger partial charge in [-0.15, -0.1) is 0 Å². The quantitative estimate of drug-likeness (QED) is 0.612. The first-order valence-corrected chi connectivity index (χ1v) is 7.65. The van der Waals surface area contributed by atoms with E-state index in [0.717, 1.165) is 0 Å². The number of amides is 1. The molecule has 1 fully saturated rings. The number of carbonyl (C=O) groups excluding carboxylic acids is 1. The Morgan fingerprint density at radius 3 is 2.43 bits per heavy atom. The Morgan fingerprint density at radius 2 is 1.91 bits per heavy atom. The second-order valence-corrected chi connectivity index (χ2v) is 5.78. The number of halogens is 1. The van der Waals surface area contributed by atoms with Gasteiger partial charge in [0.1, 0.15) is 6.04 Å². The Labute approximate surface area is 141 Å². The van der Waals surface area contributed by atoms with Crippen LogP contribution in [0.4, 0.5) is 0 Å². The van der Waals surface area contributed by atoms with Gasteiger partial charge in [0, 0.05) is 23.3 Å². The van der Waals surface area contributed by atoms with Crippen LogP contribution in [0.2, 0.25) is 0 Å². The molecular weight excluding hydrogens is 372 g/mol. The first-order chi connectivity index (χ1) is 10.9. The van der Waals surface area contributed by atoms with Crippen LogP contribution >= 0.6 is 15.9 Å². The molecule has 126 valence electrons. The Hall–Kier alpha value is -2.03. The zero-order valence-corrected chi connectivity index (χ0v) is 14.5. The van der Waals surface area contributed by atoms with Gasteiger partial charge in [0.25, 0.3) is 0 Å². The van der Waals surface area contributed by atoms with Gasteiger partial charge in [0.2, 0.25) is 17.7 Å². The van der Waals surface area contributed by atoms with Crippen LogP contribution in [0.1, 0.15) is 24.4 Å². The van der Waals surface area contributed by atoms with Gasteiger partial charge in [-0.25, -0.2) is 0 Å². The highest BCUT2D eigenvalue weighted by atomic mass is 79.9. The summed E-state index contributed by atoms with van der Waals surface area (Å²) < 4.78 is 16.4. The topological polar surface area (TPSA) is 99.9 Å². The maximum absolute atomic E-state index is 11.7. The molecule has 1 aliphatic heterocycles. The molecule has 0 spiro atoms. The summed E-state index contributed by atoms with van der Waals surface area (Å²) in [6.45, 7) is 0. The summed E-state index contributed by atoms with van der Waals surface area (Å²) in [5.41, 5.74) is 0.509. The van der Waals surface area contributed by atoms with Gasteiger partial charge < -0.3 is 19.5 Å². The van der Waals surface area contributed by atoms with Crippen molar-refractivity contribution in [2.45, 2.75) is 24.9 Å².